The topological polar surface area (TPSA) is 89.5 Å². The number of allylic oxidation sites excluding steroid dienone is 4. The van der Waals surface area contributed by atoms with Crippen molar-refractivity contribution in [1.82, 2.24) is 0 Å². The number of hydrogen-bond donors (Lipinski definition) is 0. The summed E-state index contributed by atoms with van der Waals surface area (Å²) in [4.78, 5) is 22.9. The molecule has 0 N–H and O–H groups in total. The molecule has 2 rings (SSSR count). The van der Waals surface area contributed by atoms with Crippen LogP contribution in [0.5, 0.6) is 0 Å². The average molecular weight is 804 g/mol. The van der Waals surface area contributed by atoms with Crippen LogP contribution >= 0.6 is 63.7 Å². The van der Waals surface area contributed by atoms with Crippen molar-refractivity contribution in [1.29, 1.82) is 0 Å². The lowest BCUT2D eigenvalue weighted by atomic mass is 9.67. The fourth-order valence-corrected chi connectivity index (χ4v) is 7.76. The van der Waals surface area contributed by atoms with E-state index < -0.39 is 21.3 Å². The summed E-state index contributed by atoms with van der Waals surface area (Å²) in [7, 11) is 0. The third kappa shape index (κ3) is 10.6. The molecule has 4 unspecified atom stereocenters. The summed E-state index contributed by atoms with van der Waals surface area (Å²) in [5.74, 6) is 0.0671. The molecule has 12 heteroatoms. The summed E-state index contributed by atoms with van der Waals surface area (Å²) in [6.45, 7) is 11.9. The van der Waals surface area contributed by atoms with Gasteiger partial charge in [-0.1, -0.05) is 83.2 Å². The molecule has 0 amide bonds. The van der Waals surface area contributed by atoms with Crippen LogP contribution in [0.3, 0.4) is 0 Å². The van der Waals surface area contributed by atoms with Gasteiger partial charge in [0, 0.05) is 20.8 Å². The third-order valence-corrected chi connectivity index (χ3v) is 8.68. The first-order valence-corrected chi connectivity index (χ1v) is 15.1. The second kappa shape index (κ2) is 15.7. The molecule has 0 fully saturated rings. The van der Waals surface area contributed by atoms with Crippen LogP contribution in [-0.2, 0) is 28.4 Å². The van der Waals surface area contributed by atoms with E-state index >= 15 is 0 Å². The lowest BCUT2D eigenvalue weighted by Gasteiger charge is -2.43. The van der Waals surface area contributed by atoms with E-state index in [1.54, 1.807) is 0 Å². The van der Waals surface area contributed by atoms with Crippen molar-refractivity contribution in [2.45, 2.75) is 22.9 Å². The molecule has 0 bridgehead atoms. The summed E-state index contributed by atoms with van der Waals surface area (Å²) in [5.41, 5.74) is -0.254. The minimum atomic E-state index is -0.846. The first-order chi connectivity index (χ1) is 18.4. The minimum Gasteiger partial charge on any atom is -0.432 e. The number of rotatable bonds is 14. The first-order valence-electron chi connectivity index (χ1n) is 12.0. The lowest BCUT2D eigenvalue weighted by molar-refractivity contribution is 0.0194. The van der Waals surface area contributed by atoms with Crippen molar-refractivity contribution in [2.24, 2.45) is 17.3 Å². The highest BCUT2D eigenvalue weighted by molar-refractivity contribution is 9.12. The van der Waals surface area contributed by atoms with Gasteiger partial charge in [0.05, 0.1) is 13.2 Å². The Bertz CT molecular complexity index is 943. The van der Waals surface area contributed by atoms with Crippen molar-refractivity contribution in [3.63, 3.8) is 0 Å². The smallest absolute Gasteiger partial charge is 0.432 e. The molecule has 0 heterocycles. The van der Waals surface area contributed by atoms with E-state index in [1.165, 1.54) is 12.2 Å². The molecular formula is C27H32Br4O8. The third-order valence-electron chi connectivity index (χ3n) is 5.79. The second-order valence-electron chi connectivity index (χ2n) is 9.04. The first kappa shape index (κ1) is 34.0. The standard InChI is InChI=1S/C27H32Br4O8/c1-5-11-34-23(32)36-13-15-38-26(30)9-7-19(21(28)17-26)25(3,4)20-8-10-27(31,18-22(20)29)39-16-14-37-24(33)35-12-6-2/h5-10,17-20H,1-2,11-16H2,3-4H3. The highest BCUT2D eigenvalue weighted by Gasteiger charge is 2.43. The molecule has 0 spiro atoms. The zero-order chi connectivity index (χ0) is 29.1. The van der Waals surface area contributed by atoms with E-state index in [9.17, 15) is 9.59 Å². The molecule has 0 aliphatic heterocycles. The number of carbonyl (C=O) groups is 2. The minimum absolute atomic E-state index is 0.0335. The highest BCUT2D eigenvalue weighted by atomic mass is 79.9. The largest absolute Gasteiger partial charge is 0.508 e. The van der Waals surface area contributed by atoms with Crippen molar-refractivity contribution in [2.75, 3.05) is 39.6 Å². The van der Waals surface area contributed by atoms with E-state index in [4.69, 9.17) is 28.4 Å². The zero-order valence-corrected chi connectivity index (χ0v) is 28.1. The molecule has 0 aromatic carbocycles. The number of halogens is 4. The maximum atomic E-state index is 11.4. The van der Waals surface area contributed by atoms with Crippen molar-refractivity contribution in [3.8, 4) is 0 Å². The van der Waals surface area contributed by atoms with Gasteiger partial charge >= 0.3 is 12.3 Å². The average Bonchev–Trinajstić information content (AvgIpc) is 2.86. The van der Waals surface area contributed by atoms with Crippen LogP contribution in [0, 0.1) is 17.3 Å². The van der Waals surface area contributed by atoms with Crippen LogP contribution in [0.4, 0.5) is 9.59 Å². The molecule has 2 aliphatic rings. The molecule has 2 aliphatic carbocycles. The fourth-order valence-electron chi connectivity index (χ4n) is 3.85. The van der Waals surface area contributed by atoms with Crippen molar-refractivity contribution < 1.29 is 38.0 Å². The summed E-state index contributed by atoms with van der Waals surface area (Å²) in [5, 5.41) is 0. The number of alkyl halides is 2. The summed E-state index contributed by atoms with van der Waals surface area (Å²) in [6, 6.07) is 0. The van der Waals surface area contributed by atoms with E-state index in [1.807, 2.05) is 24.3 Å². The van der Waals surface area contributed by atoms with Gasteiger partial charge in [-0.2, -0.15) is 0 Å². The molecule has 0 saturated carbocycles. The Labute approximate surface area is 263 Å². The Hall–Kier alpha value is -1.18. The van der Waals surface area contributed by atoms with E-state index in [0.29, 0.717) is 0 Å². The molecule has 0 radical (unpaired) electrons. The number of ether oxygens (including phenoxy) is 6. The molecule has 0 aromatic heterocycles. The van der Waals surface area contributed by atoms with Gasteiger partial charge in [-0.15, -0.1) is 0 Å². The Kier molecular flexibility index (Phi) is 13.7. The summed E-state index contributed by atoms with van der Waals surface area (Å²) in [6.07, 6.45) is 13.3. The van der Waals surface area contributed by atoms with Crippen LogP contribution in [0.15, 0.2) is 70.7 Å². The van der Waals surface area contributed by atoms with Crippen LogP contribution in [0.25, 0.3) is 0 Å². The van der Waals surface area contributed by atoms with Gasteiger partial charge < -0.3 is 28.4 Å². The SMILES string of the molecule is C=CCOC(=O)OCCOC1(Br)C=CC(C(C)(C)C2C=CC(Br)(OCCOC(=O)OCC=C)C=C2Br)C(Br)=C1. The van der Waals surface area contributed by atoms with Gasteiger partial charge in [0.15, 0.2) is 9.02 Å². The molecule has 39 heavy (non-hydrogen) atoms. The molecule has 4 atom stereocenters. The van der Waals surface area contributed by atoms with E-state index in [0.717, 1.165) is 8.96 Å². The predicted octanol–water partition coefficient (Wildman–Crippen LogP) is 7.84. The molecule has 216 valence electrons. The zero-order valence-electron chi connectivity index (χ0n) is 21.7. The van der Waals surface area contributed by atoms with E-state index in [-0.39, 0.29) is 56.9 Å². The quantitative estimate of drug-likeness (QED) is 0.0761. The fraction of sp³-hybridized carbons (Fsp3) is 0.481. The normalized spacial score (nSPS) is 26.2. The molecule has 8 nitrogen and oxygen atoms in total. The molecule has 0 saturated heterocycles. The van der Waals surface area contributed by atoms with Crippen molar-refractivity contribution in [3.05, 3.63) is 70.7 Å². The van der Waals surface area contributed by atoms with E-state index in [2.05, 4.69) is 103 Å². The van der Waals surface area contributed by atoms with Gasteiger partial charge in [0.25, 0.3) is 0 Å². The lowest BCUT2D eigenvalue weighted by Crippen LogP contribution is -2.37. The Morgan fingerprint density at radius 3 is 1.51 bits per heavy atom. The van der Waals surface area contributed by atoms with Crippen LogP contribution < -0.4 is 0 Å². The van der Waals surface area contributed by atoms with Crippen LogP contribution in [-0.4, -0.2) is 61.0 Å². The van der Waals surface area contributed by atoms with Crippen molar-refractivity contribution >= 4 is 76.0 Å². The second-order valence-corrected chi connectivity index (χ2v) is 13.4. The maximum absolute atomic E-state index is 11.4. The Morgan fingerprint density at radius 2 is 1.18 bits per heavy atom. The summed E-state index contributed by atoms with van der Waals surface area (Å²) >= 11 is 14.7. The van der Waals surface area contributed by atoms with Gasteiger partial charge in [0.2, 0.25) is 0 Å². The maximum Gasteiger partial charge on any atom is 0.508 e. The monoisotopic (exact) mass is 800 g/mol. The Morgan fingerprint density at radius 1 is 0.795 bits per heavy atom. The Balaban J connectivity index is 1.93. The predicted molar refractivity (Wildman–Crippen MR) is 163 cm³/mol. The van der Waals surface area contributed by atoms with Gasteiger partial charge in [0.1, 0.15) is 26.4 Å². The van der Waals surface area contributed by atoms with Crippen LogP contribution in [0.1, 0.15) is 13.8 Å². The van der Waals surface area contributed by atoms with Gasteiger partial charge in [-0.3, -0.25) is 0 Å². The highest BCUT2D eigenvalue weighted by Crippen LogP contribution is 2.52. The van der Waals surface area contributed by atoms with Gasteiger partial charge in [-0.05, 0) is 61.6 Å². The number of hydrogen-bond acceptors (Lipinski definition) is 8. The molecule has 0 aromatic rings. The van der Waals surface area contributed by atoms with Crippen LogP contribution in [0.2, 0.25) is 0 Å². The summed E-state index contributed by atoms with van der Waals surface area (Å²) < 4.78 is 31.5. The molecular weight excluding hydrogens is 772 g/mol. The van der Waals surface area contributed by atoms with Gasteiger partial charge in [-0.25, -0.2) is 9.59 Å². The number of carbonyl (C=O) groups excluding carboxylic acids is 2.